The first-order valence-corrected chi connectivity index (χ1v) is 15.9. The smallest absolute Gasteiger partial charge is 0.279 e. The number of ether oxygens (including phenoxy) is 3. The normalized spacial score (nSPS) is 16.5. The molecule has 4 aromatic rings. The van der Waals surface area contributed by atoms with Gasteiger partial charge in [0.05, 0.1) is 24.0 Å². The lowest BCUT2D eigenvalue weighted by molar-refractivity contribution is -0.127. The van der Waals surface area contributed by atoms with Crippen molar-refractivity contribution in [3.05, 3.63) is 96.1 Å². The number of benzene rings is 2. The Morgan fingerprint density at radius 3 is 2.78 bits per heavy atom. The highest BCUT2D eigenvalue weighted by molar-refractivity contribution is 7.11. The largest absolute Gasteiger partial charge is 0.493 e. The molecule has 0 saturated carbocycles. The number of piperidine rings is 1. The molecule has 0 atom stereocenters. The molecule has 236 valence electrons. The number of allylic oxidation sites excluding steroid dienone is 6. The summed E-state index contributed by atoms with van der Waals surface area (Å²) in [6.45, 7) is 6.85. The fourth-order valence-electron chi connectivity index (χ4n) is 5.31. The van der Waals surface area contributed by atoms with Gasteiger partial charge in [-0.25, -0.2) is 19.3 Å². The first kappa shape index (κ1) is 31.0. The topological polar surface area (TPSA) is 98.7 Å². The molecule has 2 aliphatic rings. The number of amides is 1. The Hall–Kier alpha value is -5.03. The fraction of sp³-hybridized carbons (Fsp3) is 0.257. The van der Waals surface area contributed by atoms with E-state index in [0.717, 1.165) is 24.1 Å². The van der Waals surface area contributed by atoms with Crippen LogP contribution in [0.15, 0.2) is 84.6 Å². The zero-order valence-electron chi connectivity index (χ0n) is 25.7. The van der Waals surface area contributed by atoms with E-state index in [9.17, 15) is 4.79 Å². The summed E-state index contributed by atoms with van der Waals surface area (Å²) in [5.41, 5.74) is 3.95. The van der Waals surface area contributed by atoms with Crippen molar-refractivity contribution in [2.45, 2.75) is 38.7 Å². The molecule has 46 heavy (non-hydrogen) atoms. The number of carbonyl (C=O) groups excluding carboxylic acids is 1. The van der Waals surface area contributed by atoms with E-state index in [1.54, 1.807) is 36.3 Å². The number of nitrogens with zero attached hydrogens (tertiary/aromatic N) is 4. The molecular weight excluding hydrogens is 605 g/mol. The van der Waals surface area contributed by atoms with E-state index >= 15 is 4.39 Å². The van der Waals surface area contributed by atoms with Crippen molar-refractivity contribution in [3.8, 4) is 22.4 Å². The number of anilines is 2. The van der Waals surface area contributed by atoms with Crippen LogP contribution in [-0.2, 0) is 4.79 Å². The van der Waals surface area contributed by atoms with E-state index in [1.807, 2.05) is 5.38 Å². The molecule has 2 aromatic carbocycles. The molecule has 1 amide bonds. The summed E-state index contributed by atoms with van der Waals surface area (Å²) in [7, 11) is 1.57. The maximum atomic E-state index is 15.4. The molecule has 1 fully saturated rings. The van der Waals surface area contributed by atoms with Crippen LogP contribution < -0.4 is 19.5 Å². The van der Waals surface area contributed by atoms with E-state index in [1.165, 1.54) is 35.4 Å². The molecule has 11 heteroatoms. The predicted molar refractivity (Wildman–Crippen MR) is 178 cm³/mol. The zero-order valence-corrected chi connectivity index (χ0v) is 26.5. The Kier molecular flexibility index (Phi) is 9.39. The first-order chi connectivity index (χ1) is 22.4. The highest BCUT2D eigenvalue weighted by Gasteiger charge is 2.24. The fourth-order valence-corrected chi connectivity index (χ4v) is 6.00. The predicted octanol–water partition coefficient (Wildman–Crippen LogP) is 8.01. The number of hydrogen-bond acceptors (Lipinski definition) is 9. The van der Waals surface area contributed by atoms with Crippen LogP contribution in [0.3, 0.4) is 0 Å². The van der Waals surface area contributed by atoms with Gasteiger partial charge >= 0.3 is 0 Å². The molecule has 0 spiro atoms. The number of aromatic nitrogens is 3. The van der Waals surface area contributed by atoms with Crippen LogP contribution in [0.4, 0.5) is 15.9 Å². The summed E-state index contributed by atoms with van der Waals surface area (Å²) >= 11 is 1.36. The van der Waals surface area contributed by atoms with E-state index in [2.05, 4.69) is 58.1 Å². The monoisotopic (exact) mass is 639 g/mol. The highest BCUT2D eigenvalue weighted by atomic mass is 32.1. The molecule has 1 N–H and O–H groups in total. The minimum atomic E-state index is -0.516. The van der Waals surface area contributed by atoms with Gasteiger partial charge in [0.1, 0.15) is 29.8 Å². The molecule has 3 heterocycles. The van der Waals surface area contributed by atoms with Crippen molar-refractivity contribution in [2.75, 3.05) is 25.5 Å². The maximum Gasteiger partial charge on any atom is 0.279 e. The van der Waals surface area contributed by atoms with Crippen LogP contribution in [-0.4, -0.2) is 52.1 Å². The maximum absolute atomic E-state index is 15.4. The molecule has 9 nitrogen and oxygen atoms in total. The molecule has 0 unspecified atom stereocenters. The summed E-state index contributed by atoms with van der Waals surface area (Å²) in [6, 6.07) is 8.15. The highest BCUT2D eigenvalue weighted by Crippen LogP contribution is 2.37. The van der Waals surface area contributed by atoms with Gasteiger partial charge in [0, 0.05) is 54.4 Å². The van der Waals surface area contributed by atoms with Crippen molar-refractivity contribution in [2.24, 2.45) is 0 Å². The van der Waals surface area contributed by atoms with E-state index in [0.29, 0.717) is 65.1 Å². The number of hydrogen-bond donors (Lipinski definition) is 1. The van der Waals surface area contributed by atoms with Gasteiger partial charge in [0.25, 0.3) is 5.19 Å². The second kappa shape index (κ2) is 13.9. The van der Waals surface area contributed by atoms with E-state index in [-0.39, 0.29) is 17.7 Å². The third-order valence-electron chi connectivity index (χ3n) is 7.87. The lowest BCUT2D eigenvalue weighted by Crippen LogP contribution is -2.41. The Bertz CT molecular complexity index is 1860. The average Bonchev–Trinajstić information content (AvgIpc) is 3.52. The molecule has 0 bridgehead atoms. The van der Waals surface area contributed by atoms with Crippen molar-refractivity contribution in [3.63, 3.8) is 0 Å². The van der Waals surface area contributed by atoms with Crippen LogP contribution in [0.1, 0.15) is 38.3 Å². The second-order valence-corrected chi connectivity index (χ2v) is 11.9. The number of likely N-dealkylation sites (tertiary alicyclic amines) is 1. The van der Waals surface area contributed by atoms with Gasteiger partial charge in [-0.05, 0) is 44.0 Å². The molecule has 0 radical (unpaired) electrons. The van der Waals surface area contributed by atoms with Gasteiger partial charge in [-0.3, -0.25) is 4.79 Å². The lowest BCUT2D eigenvalue weighted by Gasteiger charge is -2.31. The van der Waals surface area contributed by atoms with E-state index < -0.39 is 5.82 Å². The number of halogens is 1. The number of thiazole rings is 1. The number of rotatable bonds is 9. The molecule has 2 aromatic heterocycles. The van der Waals surface area contributed by atoms with Crippen molar-refractivity contribution in [1.82, 2.24) is 19.9 Å². The molecule has 1 saturated heterocycles. The van der Waals surface area contributed by atoms with Gasteiger partial charge < -0.3 is 24.4 Å². The summed E-state index contributed by atoms with van der Waals surface area (Å²) < 4.78 is 33.2. The van der Waals surface area contributed by atoms with Gasteiger partial charge in [0.2, 0.25) is 5.91 Å². The van der Waals surface area contributed by atoms with Crippen LogP contribution in [0, 0.1) is 5.82 Å². The molecule has 1 aliphatic carbocycles. The second-order valence-electron chi connectivity index (χ2n) is 11.0. The van der Waals surface area contributed by atoms with Crippen LogP contribution in [0.2, 0.25) is 0 Å². The van der Waals surface area contributed by atoms with Gasteiger partial charge in [-0.15, -0.1) is 0 Å². The summed E-state index contributed by atoms with van der Waals surface area (Å²) in [6.07, 6.45) is 14.4. The lowest BCUT2D eigenvalue weighted by atomic mass is 10.0. The van der Waals surface area contributed by atoms with Crippen LogP contribution in [0.25, 0.3) is 16.5 Å². The number of methoxy groups -OCH3 is 1. The first-order valence-electron chi connectivity index (χ1n) is 15.0. The van der Waals surface area contributed by atoms with Crippen LogP contribution in [0.5, 0.6) is 22.4 Å². The third-order valence-corrected chi connectivity index (χ3v) is 8.59. The molecule has 1 aliphatic heterocycles. The summed E-state index contributed by atoms with van der Waals surface area (Å²) in [4.78, 5) is 27.1. The minimum Gasteiger partial charge on any atom is -0.493 e. The summed E-state index contributed by atoms with van der Waals surface area (Å²) in [5.74, 6) is 1.18. The Balaban J connectivity index is 1.17. The number of fused-ring (bicyclic) bond motifs is 1. The Morgan fingerprint density at radius 1 is 1.15 bits per heavy atom. The van der Waals surface area contributed by atoms with Gasteiger partial charge in [0.15, 0.2) is 11.5 Å². The van der Waals surface area contributed by atoms with Crippen molar-refractivity contribution < 1.29 is 23.4 Å². The molecule has 6 rings (SSSR count). The number of nitrogens with one attached hydrogen (secondary N) is 1. The quantitative estimate of drug-likeness (QED) is 0.184. The minimum absolute atomic E-state index is 0.0810. The van der Waals surface area contributed by atoms with Crippen molar-refractivity contribution in [1.29, 1.82) is 0 Å². The zero-order chi connectivity index (χ0) is 32.0. The van der Waals surface area contributed by atoms with Crippen molar-refractivity contribution >= 4 is 45.2 Å². The van der Waals surface area contributed by atoms with Gasteiger partial charge in [-0.2, -0.15) is 0 Å². The molecular formula is C35H34FN5O4S. The van der Waals surface area contributed by atoms with Crippen LogP contribution >= 0.6 is 11.3 Å². The Morgan fingerprint density at radius 2 is 2.00 bits per heavy atom. The SMILES string of the molecule is C=CC(=O)N1CCC(Oc2cc3c(Nc4ccc(Oc5nc(C6=C/C=C(/C)CCC=C6)cs5)cc4F)ncnc3cc2OC)CC1. The van der Waals surface area contributed by atoms with E-state index in [4.69, 9.17) is 14.2 Å². The Labute approximate surface area is 270 Å². The third kappa shape index (κ3) is 7.10. The number of carbonyl (C=O) groups is 1. The standard InChI is InChI=1S/C35H34FN5O4S/c1-4-33(42)41-15-13-24(14-16-41)44-32-18-26-29(19-31(32)43-3)37-21-38-34(26)39-28-12-11-25(17-27(28)36)45-35-40-30(20-46-35)23-8-6-5-7-22(2)9-10-23/h4,6,8-12,17-21,24H,1,5,7,13-16H2,2-3H3,(H,37,38,39)/b8-6?,22-9-,23-10?. The average molecular weight is 640 g/mol. The van der Waals surface area contributed by atoms with Gasteiger partial charge in [-0.1, -0.05) is 47.8 Å². The summed E-state index contributed by atoms with van der Waals surface area (Å²) in [5, 5.41) is 6.09.